The van der Waals surface area contributed by atoms with Crippen LogP contribution >= 0.6 is 15.9 Å². The highest BCUT2D eigenvalue weighted by molar-refractivity contribution is 9.09. The van der Waals surface area contributed by atoms with Crippen molar-refractivity contribution in [3.8, 4) is 5.88 Å². The maximum absolute atomic E-state index is 5.99. The van der Waals surface area contributed by atoms with E-state index in [1.54, 1.807) is 12.3 Å². The Labute approximate surface area is 128 Å². The van der Waals surface area contributed by atoms with E-state index in [1.165, 1.54) is 0 Å². The van der Waals surface area contributed by atoms with E-state index in [0.717, 1.165) is 18.4 Å². The minimum absolute atomic E-state index is 0.106. The number of aromatic nitrogens is 2. The lowest BCUT2D eigenvalue weighted by Gasteiger charge is -2.42. The Morgan fingerprint density at radius 1 is 1.55 bits per heavy atom. The molecular weight excluding hydrogens is 322 g/mol. The molecule has 6 heteroatoms. The number of anilines is 1. The van der Waals surface area contributed by atoms with Gasteiger partial charge in [0.2, 0.25) is 11.8 Å². The van der Waals surface area contributed by atoms with Gasteiger partial charge in [-0.1, -0.05) is 15.9 Å². The molecule has 0 radical (unpaired) electrons. The largest absolute Gasteiger partial charge is 0.475 e. The van der Waals surface area contributed by atoms with Crippen LogP contribution in [0.2, 0.25) is 0 Å². The van der Waals surface area contributed by atoms with Crippen LogP contribution in [-0.2, 0) is 4.74 Å². The Morgan fingerprint density at radius 2 is 2.30 bits per heavy atom. The summed E-state index contributed by atoms with van der Waals surface area (Å²) in [7, 11) is 0. The first-order valence-corrected chi connectivity index (χ1v) is 8.00. The Morgan fingerprint density at radius 3 is 2.95 bits per heavy atom. The Kier molecular flexibility index (Phi) is 4.86. The van der Waals surface area contributed by atoms with Crippen molar-refractivity contribution in [2.45, 2.75) is 45.5 Å². The Balaban J connectivity index is 2.17. The number of rotatable bonds is 4. The second kappa shape index (κ2) is 6.26. The van der Waals surface area contributed by atoms with Crippen LogP contribution in [0, 0.1) is 0 Å². The van der Waals surface area contributed by atoms with Gasteiger partial charge in [-0.05, 0) is 27.7 Å². The average Bonchev–Trinajstić information content (AvgIpc) is 2.36. The third-order valence-electron chi connectivity index (χ3n) is 2.91. The van der Waals surface area contributed by atoms with Crippen LogP contribution in [0.1, 0.15) is 27.7 Å². The fourth-order valence-electron chi connectivity index (χ4n) is 2.32. The van der Waals surface area contributed by atoms with E-state index in [4.69, 9.17) is 9.47 Å². The number of nitrogens with zero attached hydrogens (tertiary/aromatic N) is 3. The molecule has 1 atom stereocenters. The van der Waals surface area contributed by atoms with E-state index in [2.05, 4.69) is 44.6 Å². The lowest BCUT2D eigenvalue weighted by molar-refractivity contribution is -0.0728. The topological polar surface area (TPSA) is 47.5 Å². The number of halogens is 1. The predicted octanol–water partition coefficient (Wildman–Crippen LogP) is 2.64. The molecule has 0 bridgehead atoms. The highest BCUT2D eigenvalue weighted by atomic mass is 79.9. The molecule has 0 saturated carbocycles. The molecule has 0 aromatic carbocycles. The van der Waals surface area contributed by atoms with Crippen LogP contribution in [-0.4, -0.2) is 46.2 Å². The van der Waals surface area contributed by atoms with Crippen molar-refractivity contribution >= 4 is 21.9 Å². The van der Waals surface area contributed by atoms with Gasteiger partial charge in [-0.3, -0.25) is 0 Å². The summed E-state index contributed by atoms with van der Waals surface area (Å²) >= 11 is 3.49. The monoisotopic (exact) mass is 343 g/mol. The number of ether oxygens (including phenoxy) is 2. The fourth-order valence-corrected chi connectivity index (χ4v) is 2.66. The van der Waals surface area contributed by atoms with Gasteiger partial charge in [0.05, 0.1) is 17.8 Å². The quantitative estimate of drug-likeness (QED) is 0.786. The van der Waals surface area contributed by atoms with Crippen molar-refractivity contribution < 1.29 is 9.47 Å². The number of hydrogen-bond acceptors (Lipinski definition) is 5. The van der Waals surface area contributed by atoms with E-state index in [-0.39, 0.29) is 17.8 Å². The van der Waals surface area contributed by atoms with Gasteiger partial charge >= 0.3 is 0 Å². The third kappa shape index (κ3) is 4.06. The van der Waals surface area contributed by atoms with Gasteiger partial charge in [0, 0.05) is 30.7 Å². The van der Waals surface area contributed by atoms with Gasteiger partial charge in [-0.2, -0.15) is 4.98 Å². The van der Waals surface area contributed by atoms with E-state index >= 15 is 0 Å². The van der Waals surface area contributed by atoms with Gasteiger partial charge < -0.3 is 14.4 Å². The molecule has 1 aromatic rings. The molecule has 1 aromatic heterocycles. The zero-order chi connectivity index (χ0) is 14.8. The molecule has 0 aliphatic carbocycles. The Hall–Kier alpha value is -0.880. The van der Waals surface area contributed by atoms with E-state index < -0.39 is 0 Å². The number of hydrogen-bond donors (Lipinski definition) is 0. The molecular formula is C14H22BrN3O2. The SMILES string of the molecule is CC(C)Oc1ccnc(N2CC(CBr)OC(C)(C)C2)n1. The zero-order valence-corrected chi connectivity index (χ0v) is 14.1. The number of alkyl halides is 1. The summed E-state index contributed by atoms with van der Waals surface area (Å²) in [5.41, 5.74) is -0.213. The molecule has 1 fully saturated rings. The maximum atomic E-state index is 5.99. The molecule has 20 heavy (non-hydrogen) atoms. The van der Waals surface area contributed by atoms with Crippen molar-refractivity contribution in [3.63, 3.8) is 0 Å². The van der Waals surface area contributed by atoms with Crippen molar-refractivity contribution in [2.75, 3.05) is 23.3 Å². The first-order valence-electron chi connectivity index (χ1n) is 6.88. The molecule has 2 heterocycles. The van der Waals surface area contributed by atoms with E-state index in [1.807, 2.05) is 13.8 Å². The van der Waals surface area contributed by atoms with Crippen LogP contribution in [0.15, 0.2) is 12.3 Å². The summed E-state index contributed by atoms with van der Waals surface area (Å²) in [6.45, 7) is 9.69. The standard InChI is InChI=1S/C14H22BrN3O2/c1-10(2)19-12-5-6-16-13(17-12)18-8-11(7-15)20-14(3,4)9-18/h5-6,10-11H,7-9H2,1-4H3. The summed E-state index contributed by atoms with van der Waals surface area (Å²) in [4.78, 5) is 11.0. The maximum Gasteiger partial charge on any atom is 0.228 e. The minimum atomic E-state index is -0.213. The third-order valence-corrected chi connectivity index (χ3v) is 3.63. The molecule has 1 unspecified atom stereocenters. The molecule has 1 saturated heterocycles. The molecule has 5 nitrogen and oxygen atoms in total. The summed E-state index contributed by atoms with van der Waals surface area (Å²) in [5.74, 6) is 1.31. The molecule has 0 N–H and O–H groups in total. The second-order valence-electron chi connectivity index (χ2n) is 5.90. The van der Waals surface area contributed by atoms with Crippen molar-refractivity contribution in [1.82, 2.24) is 9.97 Å². The fraction of sp³-hybridized carbons (Fsp3) is 0.714. The lowest BCUT2D eigenvalue weighted by Crippen LogP contribution is -2.53. The normalized spacial score (nSPS) is 22.1. The average molecular weight is 344 g/mol. The molecule has 1 aliphatic heterocycles. The van der Waals surface area contributed by atoms with Crippen molar-refractivity contribution in [3.05, 3.63) is 12.3 Å². The molecule has 1 aliphatic rings. The van der Waals surface area contributed by atoms with Crippen molar-refractivity contribution in [2.24, 2.45) is 0 Å². The van der Waals surface area contributed by atoms with Crippen molar-refractivity contribution in [1.29, 1.82) is 0 Å². The molecule has 112 valence electrons. The highest BCUT2D eigenvalue weighted by Crippen LogP contribution is 2.25. The van der Waals surface area contributed by atoms with Crippen LogP contribution in [0.25, 0.3) is 0 Å². The second-order valence-corrected chi connectivity index (χ2v) is 6.54. The zero-order valence-electron chi connectivity index (χ0n) is 12.5. The van der Waals surface area contributed by atoms with Crippen LogP contribution in [0.4, 0.5) is 5.95 Å². The summed E-state index contributed by atoms with van der Waals surface area (Å²) in [5, 5.41) is 0.801. The number of morpholine rings is 1. The summed E-state index contributed by atoms with van der Waals surface area (Å²) in [6, 6.07) is 1.79. The van der Waals surface area contributed by atoms with Crippen LogP contribution in [0.3, 0.4) is 0 Å². The highest BCUT2D eigenvalue weighted by Gasteiger charge is 2.34. The van der Waals surface area contributed by atoms with E-state index in [0.29, 0.717) is 11.8 Å². The molecule has 2 rings (SSSR count). The van der Waals surface area contributed by atoms with Gasteiger partial charge in [0.15, 0.2) is 0 Å². The van der Waals surface area contributed by atoms with Gasteiger partial charge in [0.25, 0.3) is 0 Å². The first kappa shape index (κ1) is 15.5. The lowest BCUT2D eigenvalue weighted by atomic mass is 10.1. The summed E-state index contributed by atoms with van der Waals surface area (Å²) < 4.78 is 11.6. The van der Waals surface area contributed by atoms with Crippen LogP contribution in [0.5, 0.6) is 5.88 Å². The Bertz CT molecular complexity index is 454. The predicted molar refractivity (Wildman–Crippen MR) is 82.8 cm³/mol. The first-order chi connectivity index (χ1) is 9.39. The minimum Gasteiger partial charge on any atom is -0.475 e. The molecule has 0 spiro atoms. The van der Waals surface area contributed by atoms with Crippen LogP contribution < -0.4 is 9.64 Å². The van der Waals surface area contributed by atoms with Gasteiger partial charge in [-0.25, -0.2) is 4.98 Å². The van der Waals surface area contributed by atoms with E-state index in [9.17, 15) is 0 Å². The van der Waals surface area contributed by atoms with Gasteiger partial charge in [0.1, 0.15) is 0 Å². The smallest absolute Gasteiger partial charge is 0.228 e. The summed E-state index contributed by atoms with van der Waals surface area (Å²) in [6.07, 6.45) is 1.98. The van der Waals surface area contributed by atoms with Gasteiger partial charge in [-0.15, -0.1) is 0 Å². The molecule has 0 amide bonds.